The Balaban J connectivity index is 1.52. The summed E-state index contributed by atoms with van der Waals surface area (Å²) in [5.74, 6) is 0.607. The van der Waals surface area contributed by atoms with Gasteiger partial charge < -0.3 is 40.3 Å². The summed E-state index contributed by atoms with van der Waals surface area (Å²) in [4.78, 5) is 4.84. The monoisotopic (exact) mass is 738 g/mol. The molecule has 2 aliphatic heterocycles. The third-order valence-corrected chi connectivity index (χ3v) is 11.4. The van der Waals surface area contributed by atoms with Crippen molar-refractivity contribution in [3.8, 4) is 73.6 Å². The minimum Gasteiger partial charge on any atom is -0.507 e. The van der Waals surface area contributed by atoms with Crippen molar-refractivity contribution in [2.24, 2.45) is 4.99 Å². The lowest BCUT2D eigenvalue weighted by Gasteiger charge is -2.32. The molecular weight excluding hydrogens is 693 g/mol. The standard InChI is InChI=1S/C46H46N2O7/c1-20-9-10-27-28(11-20)30(42-35(49)16-26-14-22(3)47-24(5)39(26)46(42)55-8)17-32(44(27)52)33-18-31(29-12-21(2)13-38(54-7)43(29)45(33)53)41-34-15-23(4)48-25(6)40(34)36(50)19-37(41)51/h9-13,16-19,22-23,25,48-53H,14-15H2,1-8H3/t22-,23+,25+/m0/s1. The van der Waals surface area contributed by atoms with Crippen LogP contribution >= 0.6 is 0 Å². The number of nitrogens with one attached hydrogen (secondary N) is 1. The van der Waals surface area contributed by atoms with E-state index in [0.29, 0.717) is 79.3 Å². The van der Waals surface area contributed by atoms with Crippen LogP contribution in [0.2, 0.25) is 0 Å². The molecule has 0 bridgehead atoms. The molecule has 0 saturated carbocycles. The Bertz CT molecular complexity index is 2640. The summed E-state index contributed by atoms with van der Waals surface area (Å²) in [6.45, 7) is 11.9. The number of phenols is 5. The number of ether oxygens (including phenoxy) is 2. The third-order valence-electron chi connectivity index (χ3n) is 11.4. The fourth-order valence-corrected chi connectivity index (χ4v) is 9.22. The van der Waals surface area contributed by atoms with E-state index in [1.54, 1.807) is 32.4 Å². The highest BCUT2D eigenvalue weighted by molar-refractivity contribution is 6.14. The highest BCUT2D eigenvalue weighted by Crippen LogP contribution is 2.55. The molecule has 0 saturated heterocycles. The second-order valence-corrected chi connectivity index (χ2v) is 15.4. The topological polar surface area (TPSA) is 144 Å². The molecule has 0 aromatic heterocycles. The van der Waals surface area contributed by atoms with Crippen LogP contribution in [-0.4, -0.2) is 57.5 Å². The minimum atomic E-state index is -0.191. The van der Waals surface area contributed by atoms with Gasteiger partial charge in [-0.15, -0.1) is 0 Å². The molecule has 0 unspecified atom stereocenters. The molecule has 0 aliphatic carbocycles. The van der Waals surface area contributed by atoms with Gasteiger partial charge in [-0.25, -0.2) is 0 Å². The molecule has 0 spiro atoms. The zero-order valence-electron chi connectivity index (χ0n) is 32.3. The van der Waals surface area contributed by atoms with E-state index in [1.807, 2.05) is 65.0 Å². The normalized spacial score (nSPS) is 17.9. The van der Waals surface area contributed by atoms with Crippen LogP contribution in [0.1, 0.15) is 67.1 Å². The van der Waals surface area contributed by atoms with Gasteiger partial charge in [0.05, 0.1) is 31.2 Å². The van der Waals surface area contributed by atoms with Crippen molar-refractivity contribution in [2.75, 3.05) is 14.2 Å². The predicted octanol–water partition coefficient (Wildman–Crippen LogP) is 9.50. The molecule has 2 heterocycles. The van der Waals surface area contributed by atoms with Crippen molar-refractivity contribution in [1.29, 1.82) is 0 Å². The van der Waals surface area contributed by atoms with Gasteiger partial charge in [0, 0.05) is 57.1 Å². The molecule has 3 atom stereocenters. The molecule has 6 aromatic carbocycles. The SMILES string of the molecule is COc1c2c(cc(O)c1-c1cc(-c3cc(-c4c(O)cc(O)c5c4C[C@@H](C)N[C@@H]5C)c4cc(C)cc(OC)c4c3O)c(O)c3ccc(C)cc13)C[C@H](C)N=C2C. The molecule has 9 nitrogen and oxygen atoms in total. The van der Waals surface area contributed by atoms with E-state index in [0.717, 1.165) is 33.5 Å². The van der Waals surface area contributed by atoms with Crippen LogP contribution in [0.4, 0.5) is 0 Å². The number of phenolic OH excluding ortho intramolecular Hbond substituents is 5. The molecule has 282 valence electrons. The molecule has 0 fully saturated rings. The lowest BCUT2D eigenvalue weighted by Crippen LogP contribution is -2.36. The highest BCUT2D eigenvalue weighted by Gasteiger charge is 2.32. The van der Waals surface area contributed by atoms with E-state index in [-0.39, 0.29) is 52.4 Å². The van der Waals surface area contributed by atoms with Crippen LogP contribution < -0.4 is 14.8 Å². The largest absolute Gasteiger partial charge is 0.507 e. The number of rotatable bonds is 5. The number of methoxy groups -OCH3 is 2. The second-order valence-electron chi connectivity index (χ2n) is 15.4. The van der Waals surface area contributed by atoms with Crippen molar-refractivity contribution < 1.29 is 35.0 Å². The quantitative estimate of drug-likeness (QED) is 0.103. The first-order valence-electron chi connectivity index (χ1n) is 18.6. The number of aromatic hydroxyl groups is 5. The average Bonchev–Trinajstić information content (AvgIpc) is 3.11. The van der Waals surface area contributed by atoms with E-state index >= 15 is 0 Å². The van der Waals surface area contributed by atoms with E-state index in [1.165, 1.54) is 6.07 Å². The Morgan fingerprint density at radius 2 is 1.31 bits per heavy atom. The predicted molar refractivity (Wildman–Crippen MR) is 219 cm³/mol. The van der Waals surface area contributed by atoms with Gasteiger partial charge in [0.15, 0.2) is 0 Å². The van der Waals surface area contributed by atoms with E-state index in [2.05, 4.69) is 12.2 Å². The minimum absolute atomic E-state index is 0.000806. The van der Waals surface area contributed by atoms with Crippen LogP contribution in [0.3, 0.4) is 0 Å². The van der Waals surface area contributed by atoms with Gasteiger partial charge >= 0.3 is 0 Å². The van der Waals surface area contributed by atoms with Gasteiger partial charge in [-0.3, -0.25) is 4.99 Å². The fourth-order valence-electron chi connectivity index (χ4n) is 9.22. The van der Waals surface area contributed by atoms with Gasteiger partial charge in [-0.2, -0.15) is 0 Å². The molecule has 6 aromatic rings. The van der Waals surface area contributed by atoms with Crippen LogP contribution in [0, 0.1) is 13.8 Å². The fraction of sp³-hybridized carbons (Fsp3) is 0.283. The molecule has 6 N–H and O–H groups in total. The Morgan fingerprint density at radius 3 is 2.02 bits per heavy atom. The van der Waals surface area contributed by atoms with Gasteiger partial charge in [0.25, 0.3) is 0 Å². The second kappa shape index (κ2) is 13.1. The Labute approximate surface area is 320 Å². The molecular formula is C46H46N2O7. The maximum absolute atomic E-state index is 12.4. The van der Waals surface area contributed by atoms with Crippen molar-refractivity contribution in [3.05, 3.63) is 88.0 Å². The number of hydrogen-bond acceptors (Lipinski definition) is 9. The van der Waals surface area contributed by atoms with E-state index in [9.17, 15) is 25.5 Å². The van der Waals surface area contributed by atoms with E-state index in [4.69, 9.17) is 14.5 Å². The first-order valence-corrected chi connectivity index (χ1v) is 18.6. The zero-order chi connectivity index (χ0) is 39.2. The summed E-state index contributed by atoms with van der Waals surface area (Å²) in [6, 6.07) is 16.1. The number of aryl methyl sites for hydroxylation is 2. The maximum Gasteiger partial charge on any atom is 0.139 e. The van der Waals surface area contributed by atoms with Crippen molar-refractivity contribution in [2.45, 2.75) is 72.5 Å². The van der Waals surface area contributed by atoms with Crippen molar-refractivity contribution in [1.82, 2.24) is 5.32 Å². The zero-order valence-corrected chi connectivity index (χ0v) is 32.3. The lowest BCUT2D eigenvalue weighted by atomic mass is 9.81. The average molecular weight is 739 g/mol. The molecule has 0 radical (unpaired) electrons. The smallest absolute Gasteiger partial charge is 0.139 e. The van der Waals surface area contributed by atoms with E-state index < -0.39 is 0 Å². The summed E-state index contributed by atoms with van der Waals surface area (Å²) in [7, 11) is 3.12. The number of hydrogen-bond donors (Lipinski definition) is 6. The molecule has 9 heteroatoms. The summed E-state index contributed by atoms with van der Waals surface area (Å²) in [5, 5.41) is 65.1. The molecule has 8 rings (SSSR count). The van der Waals surface area contributed by atoms with Gasteiger partial charge in [0.2, 0.25) is 0 Å². The lowest BCUT2D eigenvalue weighted by molar-refractivity contribution is 0.402. The van der Waals surface area contributed by atoms with Crippen LogP contribution in [0.25, 0.3) is 54.9 Å². The van der Waals surface area contributed by atoms with Gasteiger partial charge in [0.1, 0.15) is 40.2 Å². The highest BCUT2D eigenvalue weighted by atomic mass is 16.5. The third kappa shape index (κ3) is 5.59. The first kappa shape index (κ1) is 36.1. The Morgan fingerprint density at radius 1 is 0.636 bits per heavy atom. The molecule has 2 aliphatic rings. The van der Waals surface area contributed by atoms with Crippen LogP contribution in [-0.2, 0) is 12.8 Å². The number of aliphatic imine (C=N–C) groups is 1. The first-order chi connectivity index (χ1) is 26.2. The number of nitrogens with zero attached hydrogens (tertiary/aromatic N) is 1. The summed E-state index contributed by atoms with van der Waals surface area (Å²) in [6.07, 6.45) is 1.18. The van der Waals surface area contributed by atoms with Crippen LogP contribution in [0.5, 0.6) is 40.2 Å². The summed E-state index contributed by atoms with van der Waals surface area (Å²) in [5.41, 5.74) is 8.62. The Hall–Kier alpha value is -5.93. The summed E-state index contributed by atoms with van der Waals surface area (Å²) >= 11 is 0. The number of fused-ring (bicyclic) bond motifs is 4. The van der Waals surface area contributed by atoms with Gasteiger partial charge in [-0.05, 0) is 117 Å². The molecule has 0 amide bonds. The summed E-state index contributed by atoms with van der Waals surface area (Å²) < 4.78 is 12.0. The van der Waals surface area contributed by atoms with Crippen LogP contribution in [0.15, 0.2) is 59.6 Å². The van der Waals surface area contributed by atoms with Crippen molar-refractivity contribution in [3.63, 3.8) is 0 Å². The maximum atomic E-state index is 12.4. The molecule has 55 heavy (non-hydrogen) atoms. The number of benzene rings is 6. The van der Waals surface area contributed by atoms with Gasteiger partial charge in [-0.1, -0.05) is 29.8 Å². The van der Waals surface area contributed by atoms with Crippen molar-refractivity contribution >= 4 is 27.3 Å². The Kier molecular flexibility index (Phi) is 8.61.